The molecule has 202 valence electrons. The molecule has 1 aliphatic carbocycles. The Morgan fingerprint density at radius 2 is 2.00 bits per heavy atom. The smallest absolute Gasteiger partial charge is 0.247 e. The van der Waals surface area contributed by atoms with E-state index in [4.69, 9.17) is 19.5 Å². The van der Waals surface area contributed by atoms with Crippen LogP contribution in [0.25, 0.3) is 0 Å². The van der Waals surface area contributed by atoms with Crippen LogP contribution in [0.4, 0.5) is 34.5 Å². The second-order valence-corrected chi connectivity index (χ2v) is 9.55. The highest BCUT2D eigenvalue weighted by atomic mass is 16.5. The van der Waals surface area contributed by atoms with Crippen molar-refractivity contribution in [2.45, 2.75) is 32.1 Å². The van der Waals surface area contributed by atoms with Crippen LogP contribution in [0.15, 0.2) is 66.6 Å². The fourth-order valence-corrected chi connectivity index (χ4v) is 4.88. The number of amides is 1. The molecule has 1 fully saturated rings. The van der Waals surface area contributed by atoms with Crippen molar-refractivity contribution in [2.75, 3.05) is 42.4 Å². The minimum absolute atomic E-state index is 0.258. The van der Waals surface area contributed by atoms with Gasteiger partial charge in [0.2, 0.25) is 11.9 Å². The zero-order chi connectivity index (χ0) is 27.0. The number of carbonyl (C=O) groups is 1. The maximum absolute atomic E-state index is 11.9. The SMILES string of the molecule is C=CC(=O)Nc1cccc(N2CC(C3CCCCC3)=Nc3cnc(Nc4cncc(OCCOC)c4)nc32)c1. The van der Waals surface area contributed by atoms with Crippen LogP contribution in [-0.4, -0.2) is 53.4 Å². The third-order valence-electron chi connectivity index (χ3n) is 6.80. The lowest BCUT2D eigenvalue weighted by Gasteiger charge is -2.33. The number of hydrogen-bond acceptors (Lipinski definition) is 9. The molecule has 10 nitrogen and oxygen atoms in total. The first-order chi connectivity index (χ1) is 19.1. The topological polar surface area (TPSA) is 114 Å². The number of nitrogens with zero attached hydrogens (tertiary/aromatic N) is 5. The molecule has 3 aromatic rings. The van der Waals surface area contributed by atoms with Crippen molar-refractivity contribution in [3.05, 3.63) is 61.6 Å². The van der Waals surface area contributed by atoms with Gasteiger partial charge in [-0.05, 0) is 43.0 Å². The number of carbonyl (C=O) groups excluding carboxylic acids is 1. The Morgan fingerprint density at radius 1 is 1.13 bits per heavy atom. The van der Waals surface area contributed by atoms with Crippen LogP contribution in [0.5, 0.6) is 5.75 Å². The van der Waals surface area contributed by atoms with E-state index in [1.54, 1.807) is 25.7 Å². The van der Waals surface area contributed by atoms with Gasteiger partial charge in [0, 0.05) is 30.3 Å². The van der Waals surface area contributed by atoms with Gasteiger partial charge in [0.1, 0.15) is 18.0 Å². The number of ether oxygens (including phenoxy) is 2. The van der Waals surface area contributed by atoms with E-state index in [0.29, 0.717) is 54.6 Å². The van der Waals surface area contributed by atoms with E-state index in [9.17, 15) is 4.79 Å². The summed E-state index contributed by atoms with van der Waals surface area (Å²) in [5, 5.41) is 6.09. The van der Waals surface area contributed by atoms with Crippen molar-refractivity contribution < 1.29 is 14.3 Å². The van der Waals surface area contributed by atoms with E-state index in [1.165, 1.54) is 25.3 Å². The largest absolute Gasteiger partial charge is 0.489 e. The van der Waals surface area contributed by atoms with Crippen LogP contribution in [-0.2, 0) is 9.53 Å². The molecule has 1 saturated carbocycles. The third-order valence-corrected chi connectivity index (χ3v) is 6.80. The first-order valence-corrected chi connectivity index (χ1v) is 13.2. The Labute approximate surface area is 228 Å². The number of nitrogens with one attached hydrogen (secondary N) is 2. The summed E-state index contributed by atoms with van der Waals surface area (Å²) in [6.07, 6.45) is 12.4. The molecule has 0 spiro atoms. The Kier molecular flexibility index (Phi) is 8.42. The molecule has 5 rings (SSSR count). The second kappa shape index (κ2) is 12.5. The zero-order valence-corrected chi connectivity index (χ0v) is 22.1. The summed E-state index contributed by atoms with van der Waals surface area (Å²) in [5.41, 5.74) is 4.17. The molecule has 1 aromatic carbocycles. The summed E-state index contributed by atoms with van der Waals surface area (Å²) in [4.78, 5) is 32.8. The van der Waals surface area contributed by atoms with Crippen molar-refractivity contribution in [1.82, 2.24) is 15.0 Å². The molecule has 39 heavy (non-hydrogen) atoms. The first kappa shape index (κ1) is 26.3. The van der Waals surface area contributed by atoms with E-state index in [2.05, 4.69) is 32.1 Å². The fraction of sp³-hybridized carbons (Fsp3) is 0.345. The molecule has 2 aromatic heterocycles. The highest BCUT2D eigenvalue weighted by molar-refractivity contribution is 6.01. The van der Waals surface area contributed by atoms with Crippen LogP contribution in [0.1, 0.15) is 32.1 Å². The van der Waals surface area contributed by atoms with Crippen LogP contribution in [0.2, 0.25) is 0 Å². The molecule has 10 heteroatoms. The van der Waals surface area contributed by atoms with Gasteiger partial charge in [-0.25, -0.2) is 4.98 Å². The highest BCUT2D eigenvalue weighted by Gasteiger charge is 2.29. The Bertz CT molecular complexity index is 1350. The zero-order valence-electron chi connectivity index (χ0n) is 22.1. The third kappa shape index (κ3) is 6.58. The molecule has 0 bridgehead atoms. The van der Waals surface area contributed by atoms with Crippen molar-refractivity contribution in [1.29, 1.82) is 0 Å². The number of aromatic nitrogens is 3. The van der Waals surface area contributed by atoms with Gasteiger partial charge in [-0.1, -0.05) is 31.9 Å². The lowest BCUT2D eigenvalue weighted by Crippen LogP contribution is -2.34. The maximum atomic E-state index is 11.9. The van der Waals surface area contributed by atoms with Crippen LogP contribution < -0.4 is 20.3 Å². The standard InChI is InChI=1S/C29H33N7O3/c1-3-27(37)32-21-10-7-11-23(14-21)36-19-26(20-8-5-4-6-9-20)34-25-18-31-29(35-28(25)36)33-22-15-24(17-30-16-22)39-13-12-38-2/h3,7,10-11,14-18,20H,1,4-6,8-9,12-13,19H2,2H3,(H,32,37)(H,31,33,35). The molecule has 2 N–H and O–H groups in total. The van der Waals surface area contributed by atoms with Gasteiger partial charge >= 0.3 is 0 Å². The molecule has 1 aliphatic heterocycles. The summed E-state index contributed by atoms with van der Waals surface area (Å²) >= 11 is 0. The number of rotatable bonds is 10. The first-order valence-electron chi connectivity index (χ1n) is 13.2. The molecule has 2 aliphatic rings. The minimum atomic E-state index is -0.258. The normalized spacial score (nSPS) is 15.2. The van der Waals surface area contributed by atoms with Crippen molar-refractivity contribution in [3.63, 3.8) is 0 Å². The molecule has 0 unspecified atom stereocenters. The maximum Gasteiger partial charge on any atom is 0.247 e. The van der Waals surface area contributed by atoms with Gasteiger partial charge in [0.25, 0.3) is 0 Å². The van der Waals surface area contributed by atoms with E-state index >= 15 is 0 Å². The van der Waals surface area contributed by atoms with Crippen LogP contribution >= 0.6 is 0 Å². The summed E-state index contributed by atoms with van der Waals surface area (Å²) in [6.45, 7) is 5.09. The number of pyridine rings is 1. The average Bonchev–Trinajstić information content (AvgIpc) is 2.97. The monoisotopic (exact) mass is 527 g/mol. The number of fused-ring (bicyclic) bond motifs is 1. The fourth-order valence-electron chi connectivity index (χ4n) is 4.88. The van der Waals surface area contributed by atoms with Gasteiger partial charge in [-0.2, -0.15) is 4.98 Å². The number of aliphatic imine (C=N–C) groups is 1. The van der Waals surface area contributed by atoms with Crippen molar-refractivity contribution in [3.8, 4) is 5.75 Å². The highest BCUT2D eigenvalue weighted by Crippen LogP contribution is 2.39. The lowest BCUT2D eigenvalue weighted by molar-refractivity contribution is -0.111. The summed E-state index contributed by atoms with van der Waals surface area (Å²) in [7, 11) is 1.63. The van der Waals surface area contributed by atoms with Gasteiger partial charge < -0.3 is 25.0 Å². The van der Waals surface area contributed by atoms with Gasteiger partial charge in [0.15, 0.2) is 5.82 Å². The number of methoxy groups -OCH3 is 1. The minimum Gasteiger partial charge on any atom is -0.489 e. The van der Waals surface area contributed by atoms with E-state index in [1.807, 2.05) is 30.3 Å². The van der Waals surface area contributed by atoms with E-state index in [0.717, 1.165) is 29.9 Å². The van der Waals surface area contributed by atoms with E-state index < -0.39 is 0 Å². The molecular formula is C29H33N7O3. The number of benzene rings is 1. The van der Waals surface area contributed by atoms with E-state index in [-0.39, 0.29) is 5.91 Å². The van der Waals surface area contributed by atoms with Crippen LogP contribution in [0, 0.1) is 5.92 Å². The van der Waals surface area contributed by atoms with Gasteiger partial charge in [0.05, 0.1) is 37.4 Å². The molecule has 0 atom stereocenters. The molecular weight excluding hydrogens is 494 g/mol. The quantitative estimate of drug-likeness (QED) is 0.260. The van der Waals surface area contributed by atoms with Gasteiger partial charge in [-0.15, -0.1) is 0 Å². The predicted molar refractivity (Wildman–Crippen MR) is 153 cm³/mol. The molecule has 0 saturated heterocycles. The Hall–Kier alpha value is -4.31. The molecule has 1 amide bonds. The van der Waals surface area contributed by atoms with Crippen molar-refractivity contribution >= 4 is 46.1 Å². The van der Waals surface area contributed by atoms with Crippen molar-refractivity contribution in [2.24, 2.45) is 10.9 Å². The lowest BCUT2D eigenvalue weighted by atomic mass is 9.85. The summed E-state index contributed by atoms with van der Waals surface area (Å²) in [6, 6.07) is 9.56. The average molecular weight is 528 g/mol. The predicted octanol–water partition coefficient (Wildman–Crippen LogP) is 5.57. The molecule has 0 radical (unpaired) electrons. The number of anilines is 5. The number of hydrogen-bond donors (Lipinski definition) is 2. The Balaban J connectivity index is 1.45. The summed E-state index contributed by atoms with van der Waals surface area (Å²) < 4.78 is 10.7. The summed E-state index contributed by atoms with van der Waals surface area (Å²) in [5.74, 6) is 1.92. The van der Waals surface area contributed by atoms with Crippen LogP contribution in [0.3, 0.4) is 0 Å². The molecule has 3 heterocycles. The second-order valence-electron chi connectivity index (χ2n) is 9.55. The van der Waals surface area contributed by atoms with Gasteiger partial charge in [-0.3, -0.25) is 14.8 Å². The Morgan fingerprint density at radius 3 is 2.82 bits per heavy atom.